The molecule has 7 heteroatoms. The molecule has 3 rings (SSSR count). The van der Waals surface area contributed by atoms with Gasteiger partial charge in [-0.1, -0.05) is 12.1 Å². The quantitative estimate of drug-likeness (QED) is 0.682. The van der Waals surface area contributed by atoms with Gasteiger partial charge in [0.25, 0.3) is 0 Å². The van der Waals surface area contributed by atoms with E-state index in [1.54, 1.807) is 7.11 Å². The molecule has 3 aromatic rings. The van der Waals surface area contributed by atoms with Crippen molar-refractivity contribution in [3.63, 3.8) is 0 Å². The fourth-order valence-corrected chi connectivity index (χ4v) is 3.20. The maximum Gasteiger partial charge on any atom is 0.224 e. The SMILES string of the molecule is COc1cccc(-c2nc(CCC(=O)Nc3ccc(F)c(F)c3)cs2)c1. The van der Waals surface area contributed by atoms with E-state index in [1.165, 1.54) is 17.4 Å². The van der Waals surface area contributed by atoms with Crippen LogP contribution in [0, 0.1) is 11.6 Å². The Balaban J connectivity index is 1.58. The van der Waals surface area contributed by atoms with E-state index < -0.39 is 11.6 Å². The normalized spacial score (nSPS) is 10.6. The molecule has 26 heavy (non-hydrogen) atoms. The minimum Gasteiger partial charge on any atom is -0.497 e. The van der Waals surface area contributed by atoms with Crippen molar-refractivity contribution < 1.29 is 18.3 Å². The van der Waals surface area contributed by atoms with Crippen molar-refractivity contribution in [1.82, 2.24) is 4.98 Å². The Kier molecular flexibility index (Phi) is 5.58. The number of amides is 1. The second-order valence-corrected chi connectivity index (χ2v) is 6.41. The molecule has 1 amide bonds. The highest BCUT2D eigenvalue weighted by Crippen LogP contribution is 2.27. The fraction of sp³-hybridized carbons (Fsp3) is 0.158. The van der Waals surface area contributed by atoms with Crippen LogP contribution < -0.4 is 10.1 Å². The molecule has 0 radical (unpaired) electrons. The maximum atomic E-state index is 13.2. The number of hydrogen-bond donors (Lipinski definition) is 1. The number of carbonyl (C=O) groups is 1. The molecule has 1 heterocycles. The first kappa shape index (κ1) is 18.0. The number of rotatable bonds is 6. The van der Waals surface area contributed by atoms with Crippen LogP contribution in [0.25, 0.3) is 10.6 Å². The van der Waals surface area contributed by atoms with E-state index in [0.717, 1.165) is 34.1 Å². The third-order valence-electron chi connectivity index (χ3n) is 3.68. The van der Waals surface area contributed by atoms with Crippen molar-refractivity contribution in [3.05, 3.63) is 65.2 Å². The summed E-state index contributed by atoms with van der Waals surface area (Å²) in [6.07, 6.45) is 0.649. The molecule has 0 atom stereocenters. The van der Waals surface area contributed by atoms with Gasteiger partial charge in [0.05, 0.1) is 12.8 Å². The molecule has 0 spiro atoms. The number of nitrogens with zero attached hydrogens (tertiary/aromatic N) is 1. The first-order valence-electron chi connectivity index (χ1n) is 7.89. The Labute approximate surface area is 153 Å². The molecule has 0 aliphatic heterocycles. The lowest BCUT2D eigenvalue weighted by Gasteiger charge is -2.05. The van der Waals surface area contributed by atoms with Gasteiger partial charge < -0.3 is 10.1 Å². The average Bonchev–Trinajstić information content (AvgIpc) is 3.12. The number of benzene rings is 2. The van der Waals surface area contributed by atoms with Crippen LogP contribution in [0.4, 0.5) is 14.5 Å². The Hall–Kier alpha value is -2.80. The molecule has 1 N–H and O–H groups in total. The highest BCUT2D eigenvalue weighted by atomic mass is 32.1. The van der Waals surface area contributed by atoms with Gasteiger partial charge in [0, 0.05) is 29.1 Å². The molecule has 0 saturated heterocycles. The molecule has 0 aliphatic carbocycles. The highest BCUT2D eigenvalue weighted by molar-refractivity contribution is 7.13. The van der Waals surface area contributed by atoms with Gasteiger partial charge in [-0.2, -0.15) is 0 Å². The molecule has 1 aromatic heterocycles. The van der Waals surface area contributed by atoms with E-state index in [9.17, 15) is 13.6 Å². The van der Waals surface area contributed by atoms with E-state index in [2.05, 4.69) is 10.3 Å². The van der Waals surface area contributed by atoms with Gasteiger partial charge in [-0.3, -0.25) is 4.79 Å². The largest absolute Gasteiger partial charge is 0.497 e. The van der Waals surface area contributed by atoms with E-state index >= 15 is 0 Å². The molecule has 4 nitrogen and oxygen atoms in total. The highest BCUT2D eigenvalue weighted by Gasteiger charge is 2.10. The van der Waals surface area contributed by atoms with Crippen LogP contribution in [0.5, 0.6) is 5.75 Å². The van der Waals surface area contributed by atoms with Crippen LogP contribution in [0.3, 0.4) is 0 Å². The molecule has 2 aromatic carbocycles. The number of halogens is 2. The third-order valence-corrected chi connectivity index (χ3v) is 4.62. The number of methoxy groups -OCH3 is 1. The summed E-state index contributed by atoms with van der Waals surface area (Å²) < 4.78 is 31.3. The molecule has 0 fully saturated rings. The van der Waals surface area contributed by atoms with E-state index in [0.29, 0.717) is 6.42 Å². The van der Waals surface area contributed by atoms with Gasteiger partial charge in [-0.05, 0) is 30.7 Å². The molecule has 0 aliphatic rings. The number of nitrogens with one attached hydrogen (secondary N) is 1. The first-order valence-corrected chi connectivity index (χ1v) is 8.77. The molecular weight excluding hydrogens is 358 g/mol. The van der Waals surface area contributed by atoms with Crippen LogP contribution >= 0.6 is 11.3 Å². The second kappa shape index (κ2) is 8.05. The minimum absolute atomic E-state index is 0.195. The first-order chi connectivity index (χ1) is 12.5. The van der Waals surface area contributed by atoms with Crippen molar-refractivity contribution >= 4 is 22.9 Å². The van der Waals surface area contributed by atoms with Crippen molar-refractivity contribution in [1.29, 1.82) is 0 Å². The summed E-state index contributed by atoms with van der Waals surface area (Å²) in [6.45, 7) is 0. The van der Waals surface area contributed by atoms with Gasteiger partial charge in [-0.25, -0.2) is 13.8 Å². The summed E-state index contributed by atoms with van der Waals surface area (Å²) in [5, 5.41) is 5.30. The number of carbonyl (C=O) groups excluding carboxylic acids is 1. The lowest BCUT2D eigenvalue weighted by atomic mass is 10.2. The Morgan fingerprint density at radius 1 is 1.19 bits per heavy atom. The van der Waals surface area contributed by atoms with Gasteiger partial charge in [-0.15, -0.1) is 11.3 Å². The monoisotopic (exact) mass is 374 g/mol. The van der Waals surface area contributed by atoms with Gasteiger partial charge in [0.15, 0.2) is 11.6 Å². The number of anilines is 1. The van der Waals surface area contributed by atoms with Gasteiger partial charge in [0.1, 0.15) is 10.8 Å². The lowest BCUT2D eigenvalue weighted by Crippen LogP contribution is -2.12. The molecule has 134 valence electrons. The molecule has 0 saturated carbocycles. The second-order valence-electron chi connectivity index (χ2n) is 5.55. The predicted octanol–water partition coefficient (Wildman–Crippen LogP) is 4.67. The lowest BCUT2D eigenvalue weighted by molar-refractivity contribution is -0.116. The standard InChI is InChI=1S/C19H16F2N2O2S/c1-25-15-4-2-3-12(9-15)19-23-14(11-26-19)6-8-18(24)22-13-5-7-16(20)17(21)10-13/h2-5,7,9-11H,6,8H2,1H3,(H,22,24). The summed E-state index contributed by atoms with van der Waals surface area (Å²) in [4.78, 5) is 16.5. The Morgan fingerprint density at radius 2 is 2.04 bits per heavy atom. The zero-order valence-electron chi connectivity index (χ0n) is 14.0. The summed E-state index contributed by atoms with van der Waals surface area (Å²) in [5.74, 6) is -1.47. The summed E-state index contributed by atoms with van der Waals surface area (Å²) in [6, 6.07) is 10.9. The number of aryl methyl sites for hydroxylation is 1. The number of thiazole rings is 1. The van der Waals surface area contributed by atoms with Gasteiger partial charge in [0.2, 0.25) is 5.91 Å². The zero-order valence-corrected chi connectivity index (χ0v) is 14.8. The van der Waals surface area contributed by atoms with Gasteiger partial charge >= 0.3 is 0 Å². The molecular formula is C19H16F2N2O2S. The van der Waals surface area contributed by atoms with Crippen molar-refractivity contribution in [2.45, 2.75) is 12.8 Å². The maximum absolute atomic E-state index is 13.2. The summed E-state index contributed by atoms with van der Waals surface area (Å²) >= 11 is 1.49. The van der Waals surface area contributed by atoms with E-state index in [1.807, 2.05) is 29.6 Å². The predicted molar refractivity (Wildman–Crippen MR) is 97.4 cm³/mol. The number of ether oxygens (including phenoxy) is 1. The minimum atomic E-state index is -0.995. The van der Waals surface area contributed by atoms with Crippen LogP contribution in [0.2, 0.25) is 0 Å². The Morgan fingerprint density at radius 3 is 2.81 bits per heavy atom. The average molecular weight is 374 g/mol. The topological polar surface area (TPSA) is 51.2 Å². The smallest absolute Gasteiger partial charge is 0.224 e. The van der Waals surface area contributed by atoms with E-state index in [-0.39, 0.29) is 18.0 Å². The van der Waals surface area contributed by atoms with Crippen molar-refractivity contribution in [2.75, 3.05) is 12.4 Å². The molecule has 0 unspecified atom stereocenters. The Bertz CT molecular complexity index is 927. The van der Waals surface area contributed by atoms with Crippen LogP contribution in [-0.2, 0) is 11.2 Å². The third kappa shape index (κ3) is 4.43. The fourth-order valence-electron chi connectivity index (χ4n) is 2.35. The number of hydrogen-bond acceptors (Lipinski definition) is 4. The summed E-state index contributed by atoms with van der Waals surface area (Å²) in [7, 11) is 1.61. The molecule has 0 bridgehead atoms. The van der Waals surface area contributed by atoms with Crippen LogP contribution in [0.15, 0.2) is 47.8 Å². The van der Waals surface area contributed by atoms with E-state index in [4.69, 9.17) is 4.74 Å². The van der Waals surface area contributed by atoms with Crippen molar-refractivity contribution in [3.8, 4) is 16.3 Å². The zero-order chi connectivity index (χ0) is 18.5. The van der Waals surface area contributed by atoms with Crippen LogP contribution in [0.1, 0.15) is 12.1 Å². The number of aromatic nitrogens is 1. The van der Waals surface area contributed by atoms with Crippen molar-refractivity contribution in [2.24, 2.45) is 0 Å². The summed E-state index contributed by atoms with van der Waals surface area (Å²) in [5.41, 5.74) is 1.98. The van der Waals surface area contributed by atoms with Crippen LogP contribution in [-0.4, -0.2) is 18.0 Å².